The third-order valence-corrected chi connectivity index (χ3v) is 4.56. The number of hydrogen-bond acceptors (Lipinski definition) is 4. The minimum Gasteiger partial charge on any atom is -0.374 e. The molecule has 0 aromatic carbocycles. The molecule has 17 heavy (non-hydrogen) atoms. The van der Waals surface area contributed by atoms with Crippen LogP contribution in [0.5, 0.6) is 0 Å². The first-order chi connectivity index (χ1) is 7.91. The molecule has 1 N–H and O–H groups in total. The van der Waals surface area contributed by atoms with Crippen LogP contribution in [0.15, 0.2) is 0 Å². The van der Waals surface area contributed by atoms with Crippen LogP contribution in [0, 0.1) is 0 Å². The van der Waals surface area contributed by atoms with Crippen molar-refractivity contribution in [3.05, 3.63) is 0 Å². The van der Waals surface area contributed by atoms with Crippen molar-refractivity contribution >= 4 is 9.84 Å². The summed E-state index contributed by atoms with van der Waals surface area (Å²) in [4.78, 5) is 0. The Labute approximate surface area is 101 Å². The monoisotopic (exact) mass is 271 g/mol. The zero-order chi connectivity index (χ0) is 12.9. The molecule has 102 valence electrons. The first-order valence-corrected chi connectivity index (χ1v) is 7.65. The second-order valence-electron chi connectivity index (χ2n) is 4.33. The summed E-state index contributed by atoms with van der Waals surface area (Å²) in [5.74, 6) is 0. The number of halogens is 2. The van der Waals surface area contributed by atoms with Gasteiger partial charge in [0.1, 0.15) is 6.61 Å². The van der Waals surface area contributed by atoms with Crippen molar-refractivity contribution in [2.45, 2.75) is 37.0 Å². The van der Waals surface area contributed by atoms with E-state index in [1.165, 1.54) is 6.26 Å². The van der Waals surface area contributed by atoms with Gasteiger partial charge in [-0.05, 0) is 12.8 Å². The first kappa shape index (κ1) is 14.8. The van der Waals surface area contributed by atoms with Crippen LogP contribution < -0.4 is 5.32 Å². The molecule has 1 fully saturated rings. The molecule has 0 heterocycles. The quantitative estimate of drug-likeness (QED) is 0.697. The van der Waals surface area contributed by atoms with E-state index in [2.05, 4.69) is 5.32 Å². The molecular formula is C10H19F2NO3S. The highest BCUT2D eigenvalue weighted by molar-refractivity contribution is 7.91. The smallest absolute Gasteiger partial charge is 0.261 e. The van der Waals surface area contributed by atoms with Gasteiger partial charge in [-0.2, -0.15) is 0 Å². The summed E-state index contributed by atoms with van der Waals surface area (Å²) in [5.41, 5.74) is 0. The minimum absolute atomic E-state index is 0.0693. The lowest BCUT2D eigenvalue weighted by Crippen LogP contribution is -2.41. The predicted molar refractivity (Wildman–Crippen MR) is 61.1 cm³/mol. The number of sulfone groups is 1. The van der Waals surface area contributed by atoms with Crippen LogP contribution in [0.2, 0.25) is 0 Å². The molecule has 2 unspecified atom stereocenters. The second-order valence-corrected chi connectivity index (χ2v) is 6.59. The number of ether oxygens (including phenoxy) is 1. The van der Waals surface area contributed by atoms with E-state index in [1.807, 2.05) is 0 Å². The molecule has 1 aliphatic rings. The third kappa shape index (κ3) is 5.27. The summed E-state index contributed by atoms with van der Waals surface area (Å²) >= 11 is 0. The average Bonchev–Trinajstić information content (AvgIpc) is 2.64. The highest BCUT2D eigenvalue weighted by atomic mass is 32.2. The van der Waals surface area contributed by atoms with Gasteiger partial charge in [-0.3, -0.25) is 0 Å². The lowest BCUT2D eigenvalue weighted by atomic mass is 10.2. The topological polar surface area (TPSA) is 55.4 Å². The molecule has 0 amide bonds. The van der Waals surface area contributed by atoms with Gasteiger partial charge in [-0.1, -0.05) is 6.42 Å². The van der Waals surface area contributed by atoms with Gasteiger partial charge in [0.05, 0.1) is 11.9 Å². The molecule has 0 aromatic heterocycles. The molecule has 0 spiro atoms. The summed E-state index contributed by atoms with van der Waals surface area (Å²) < 4.78 is 51.1. The average molecular weight is 271 g/mol. The molecule has 0 aromatic rings. The standard InChI is InChI=1S/C10H19F2NO3S/c1-17(14,15)9-4-2-3-8(9)13-5-6-16-7-10(11)12/h8-10,13H,2-7H2,1H3. The summed E-state index contributed by atoms with van der Waals surface area (Å²) in [5, 5.41) is 2.71. The molecule has 0 radical (unpaired) electrons. The largest absolute Gasteiger partial charge is 0.374 e. The van der Waals surface area contributed by atoms with E-state index in [-0.39, 0.29) is 17.9 Å². The van der Waals surface area contributed by atoms with Crippen molar-refractivity contribution < 1.29 is 21.9 Å². The lowest BCUT2D eigenvalue weighted by molar-refractivity contribution is 0.0183. The maximum atomic E-state index is 11.8. The van der Waals surface area contributed by atoms with E-state index in [1.54, 1.807) is 0 Å². The Morgan fingerprint density at radius 2 is 2.12 bits per heavy atom. The van der Waals surface area contributed by atoms with Crippen LogP contribution in [0.4, 0.5) is 8.78 Å². The molecule has 7 heteroatoms. The Bertz CT molecular complexity index is 322. The Morgan fingerprint density at radius 1 is 1.41 bits per heavy atom. The van der Waals surface area contributed by atoms with Gasteiger partial charge in [-0.15, -0.1) is 0 Å². The van der Waals surface area contributed by atoms with Crippen LogP contribution in [-0.4, -0.2) is 52.1 Å². The summed E-state index contributed by atoms with van der Waals surface area (Å²) in [6.07, 6.45) is 1.16. The maximum Gasteiger partial charge on any atom is 0.261 e. The zero-order valence-electron chi connectivity index (χ0n) is 9.86. The fourth-order valence-corrected chi connectivity index (χ4v) is 3.58. The molecule has 0 bridgehead atoms. The number of hydrogen-bond donors (Lipinski definition) is 1. The lowest BCUT2D eigenvalue weighted by Gasteiger charge is -2.19. The first-order valence-electron chi connectivity index (χ1n) is 5.69. The molecule has 1 rings (SSSR count). The normalized spacial score (nSPS) is 25.6. The Kier molecular flexibility index (Phi) is 5.75. The number of alkyl halides is 2. The van der Waals surface area contributed by atoms with Crippen molar-refractivity contribution in [2.75, 3.05) is 26.0 Å². The Morgan fingerprint density at radius 3 is 2.71 bits per heavy atom. The van der Waals surface area contributed by atoms with Crippen LogP contribution in [0.25, 0.3) is 0 Å². The van der Waals surface area contributed by atoms with Crippen LogP contribution in [-0.2, 0) is 14.6 Å². The van der Waals surface area contributed by atoms with Crippen LogP contribution in [0.1, 0.15) is 19.3 Å². The van der Waals surface area contributed by atoms with Crippen molar-refractivity contribution in [1.29, 1.82) is 0 Å². The van der Waals surface area contributed by atoms with E-state index in [0.29, 0.717) is 13.0 Å². The molecular weight excluding hydrogens is 252 g/mol. The summed E-state index contributed by atoms with van der Waals surface area (Å²) in [6.45, 7) is 0.0164. The van der Waals surface area contributed by atoms with E-state index in [9.17, 15) is 17.2 Å². The van der Waals surface area contributed by atoms with Gasteiger partial charge < -0.3 is 10.1 Å². The van der Waals surface area contributed by atoms with Crippen molar-refractivity contribution in [3.8, 4) is 0 Å². The van der Waals surface area contributed by atoms with Gasteiger partial charge in [0.25, 0.3) is 6.43 Å². The fourth-order valence-electron chi connectivity index (χ4n) is 2.16. The fraction of sp³-hybridized carbons (Fsp3) is 1.00. The molecule has 2 atom stereocenters. The van der Waals surface area contributed by atoms with E-state index in [0.717, 1.165) is 12.8 Å². The summed E-state index contributed by atoms with van der Waals surface area (Å²) in [6, 6.07) is -0.0693. The van der Waals surface area contributed by atoms with Gasteiger partial charge >= 0.3 is 0 Å². The maximum absolute atomic E-state index is 11.8. The van der Waals surface area contributed by atoms with Crippen molar-refractivity contribution in [2.24, 2.45) is 0 Å². The van der Waals surface area contributed by atoms with Crippen molar-refractivity contribution in [1.82, 2.24) is 5.32 Å². The van der Waals surface area contributed by atoms with Crippen LogP contribution in [0.3, 0.4) is 0 Å². The molecule has 0 aliphatic heterocycles. The molecule has 0 saturated heterocycles. The van der Waals surface area contributed by atoms with E-state index in [4.69, 9.17) is 4.74 Å². The molecule has 1 aliphatic carbocycles. The molecule has 1 saturated carbocycles. The minimum atomic E-state index is -3.03. The third-order valence-electron chi connectivity index (χ3n) is 2.90. The number of nitrogens with one attached hydrogen (secondary N) is 1. The van der Waals surface area contributed by atoms with Gasteiger partial charge in [0, 0.05) is 18.8 Å². The van der Waals surface area contributed by atoms with Crippen molar-refractivity contribution in [3.63, 3.8) is 0 Å². The van der Waals surface area contributed by atoms with E-state index >= 15 is 0 Å². The van der Waals surface area contributed by atoms with Gasteiger partial charge in [0.2, 0.25) is 0 Å². The predicted octanol–water partition coefficient (Wildman–Crippen LogP) is 0.823. The number of rotatable bonds is 7. The molecule has 4 nitrogen and oxygen atoms in total. The zero-order valence-corrected chi connectivity index (χ0v) is 10.7. The highest BCUT2D eigenvalue weighted by Crippen LogP contribution is 2.24. The van der Waals surface area contributed by atoms with Gasteiger partial charge in [-0.25, -0.2) is 17.2 Å². The second kappa shape index (κ2) is 6.61. The SMILES string of the molecule is CS(=O)(=O)C1CCCC1NCCOCC(F)F. The Hall–Kier alpha value is -0.270. The van der Waals surface area contributed by atoms with E-state index < -0.39 is 22.9 Å². The highest BCUT2D eigenvalue weighted by Gasteiger charge is 2.34. The van der Waals surface area contributed by atoms with Gasteiger partial charge in [0.15, 0.2) is 9.84 Å². The Balaban J connectivity index is 2.23. The summed E-state index contributed by atoms with van der Waals surface area (Å²) in [7, 11) is -3.03. The van der Waals surface area contributed by atoms with Crippen LogP contribution >= 0.6 is 0 Å².